The van der Waals surface area contributed by atoms with Crippen LogP contribution in [-0.4, -0.2) is 64.7 Å². The minimum absolute atomic E-state index is 0.0962. The van der Waals surface area contributed by atoms with Crippen LogP contribution >= 0.6 is 0 Å². The second-order valence-corrected chi connectivity index (χ2v) is 12.4. The molecule has 9 nitrogen and oxygen atoms in total. The van der Waals surface area contributed by atoms with Gasteiger partial charge < -0.3 is 9.88 Å². The fourth-order valence-corrected chi connectivity index (χ4v) is 5.36. The molecule has 12 heteroatoms. The fourth-order valence-electron chi connectivity index (χ4n) is 4.75. The van der Waals surface area contributed by atoms with Crippen LogP contribution in [0, 0.1) is 11.6 Å². The maximum atomic E-state index is 15.2. The number of nitrogens with zero attached hydrogens (tertiary/aromatic N) is 5. The van der Waals surface area contributed by atoms with Crippen molar-refractivity contribution >= 4 is 37.5 Å². The molecule has 4 heterocycles. The van der Waals surface area contributed by atoms with Crippen molar-refractivity contribution in [2.45, 2.75) is 6.42 Å². The molecule has 0 amide bonds. The third kappa shape index (κ3) is 5.25. The maximum Gasteiger partial charge on any atom is 0.157 e. The summed E-state index contributed by atoms with van der Waals surface area (Å²) >= 11 is 0. The zero-order valence-electron chi connectivity index (χ0n) is 22.4. The molecule has 4 aromatic heterocycles. The number of rotatable bonds is 7. The molecular formula is C29H25F2N7O2S. The van der Waals surface area contributed by atoms with Gasteiger partial charge in [0.15, 0.2) is 11.6 Å². The number of imidazole rings is 1. The van der Waals surface area contributed by atoms with Gasteiger partial charge in [-0.05, 0) is 60.0 Å². The summed E-state index contributed by atoms with van der Waals surface area (Å²) in [6.07, 6.45) is 6.30. The summed E-state index contributed by atoms with van der Waals surface area (Å²) in [5, 5.41) is 7.62. The van der Waals surface area contributed by atoms with Gasteiger partial charge in [-0.2, -0.15) is 5.10 Å². The molecule has 0 aliphatic carbocycles. The average Bonchev–Trinajstić information content (AvgIpc) is 3.56. The van der Waals surface area contributed by atoms with Crippen LogP contribution in [0.1, 0.15) is 5.56 Å². The number of pyridine rings is 2. The van der Waals surface area contributed by atoms with E-state index < -0.39 is 21.5 Å². The minimum atomic E-state index is -3.21. The second kappa shape index (κ2) is 10.0. The number of aromatic amines is 2. The summed E-state index contributed by atoms with van der Waals surface area (Å²) in [6, 6.07) is 11.3. The van der Waals surface area contributed by atoms with Gasteiger partial charge in [0.25, 0.3) is 0 Å². The monoisotopic (exact) mass is 573 g/mol. The van der Waals surface area contributed by atoms with E-state index in [2.05, 4.69) is 25.1 Å². The maximum absolute atomic E-state index is 15.2. The first-order chi connectivity index (χ1) is 19.6. The molecule has 0 aliphatic heterocycles. The van der Waals surface area contributed by atoms with Crippen LogP contribution in [0.15, 0.2) is 61.1 Å². The Hall–Kier alpha value is -4.71. The number of aryl methyl sites for hydroxylation is 1. The number of aromatic nitrogens is 6. The quantitative estimate of drug-likeness (QED) is 0.271. The lowest BCUT2D eigenvalue weighted by molar-refractivity contribution is 0.600. The molecular weight excluding hydrogens is 548 g/mol. The van der Waals surface area contributed by atoms with Crippen molar-refractivity contribution in [2.75, 3.05) is 31.0 Å². The van der Waals surface area contributed by atoms with Crippen LogP contribution in [0.4, 0.5) is 14.5 Å². The van der Waals surface area contributed by atoms with Gasteiger partial charge in [-0.15, -0.1) is 0 Å². The molecule has 6 rings (SSSR count). The number of H-pyrrole nitrogens is 2. The highest BCUT2D eigenvalue weighted by Crippen LogP contribution is 2.34. The first kappa shape index (κ1) is 26.5. The molecule has 0 saturated heterocycles. The lowest BCUT2D eigenvalue weighted by atomic mass is 10.0. The fraction of sp³-hybridized carbons (Fsp3) is 0.172. The number of halogens is 2. The van der Waals surface area contributed by atoms with E-state index >= 15 is 4.39 Å². The number of fused-ring (bicyclic) bond motifs is 2. The minimum Gasteiger partial charge on any atom is -0.376 e. The molecule has 0 spiro atoms. The Labute approximate surface area is 234 Å². The van der Waals surface area contributed by atoms with Gasteiger partial charge in [-0.1, -0.05) is 0 Å². The number of nitrogens with one attached hydrogen (secondary N) is 2. The summed E-state index contributed by atoms with van der Waals surface area (Å²) in [5.74, 6) is -0.686. The van der Waals surface area contributed by atoms with E-state index in [-0.39, 0.29) is 17.7 Å². The average molecular weight is 574 g/mol. The highest BCUT2D eigenvalue weighted by Gasteiger charge is 2.19. The van der Waals surface area contributed by atoms with Gasteiger partial charge in [0.05, 0.1) is 28.8 Å². The molecule has 2 aromatic carbocycles. The molecule has 0 unspecified atom stereocenters. The van der Waals surface area contributed by atoms with Crippen LogP contribution in [0.25, 0.3) is 55.8 Å². The predicted molar refractivity (Wildman–Crippen MR) is 155 cm³/mol. The van der Waals surface area contributed by atoms with Gasteiger partial charge in [0.2, 0.25) is 0 Å². The Morgan fingerprint density at radius 3 is 2.56 bits per heavy atom. The smallest absolute Gasteiger partial charge is 0.157 e. The number of hydrogen-bond acceptors (Lipinski definition) is 7. The van der Waals surface area contributed by atoms with Crippen LogP contribution < -0.4 is 4.90 Å². The van der Waals surface area contributed by atoms with Gasteiger partial charge in [-0.25, -0.2) is 22.2 Å². The first-order valence-corrected chi connectivity index (χ1v) is 14.7. The molecule has 2 N–H and O–H groups in total. The Bertz CT molecular complexity index is 2050. The lowest BCUT2D eigenvalue weighted by Crippen LogP contribution is -2.08. The second-order valence-electron chi connectivity index (χ2n) is 10.1. The third-order valence-corrected chi connectivity index (χ3v) is 7.76. The SMILES string of the molecule is CN(C)c1cncc(-c2cc(F)c3n[nH]c(-c4nc5c(-c6cc(F)cc(CCS(C)(=O)=O)c6)nccc5[nH]4)c3c2)c1. The van der Waals surface area contributed by atoms with E-state index in [4.69, 9.17) is 4.98 Å². The summed E-state index contributed by atoms with van der Waals surface area (Å²) in [4.78, 5) is 18.7. The van der Waals surface area contributed by atoms with Crippen molar-refractivity contribution in [3.05, 3.63) is 78.3 Å². The van der Waals surface area contributed by atoms with Crippen molar-refractivity contribution in [2.24, 2.45) is 0 Å². The molecule has 0 aliphatic rings. The highest BCUT2D eigenvalue weighted by molar-refractivity contribution is 7.90. The lowest BCUT2D eigenvalue weighted by Gasteiger charge is -2.13. The number of sulfone groups is 1. The third-order valence-electron chi connectivity index (χ3n) is 6.82. The Morgan fingerprint density at radius 2 is 1.78 bits per heavy atom. The topological polar surface area (TPSA) is 121 Å². The van der Waals surface area contributed by atoms with E-state index in [0.717, 1.165) is 17.5 Å². The van der Waals surface area contributed by atoms with Gasteiger partial charge in [0, 0.05) is 49.3 Å². The summed E-state index contributed by atoms with van der Waals surface area (Å²) in [6.45, 7) is 0. The summed E-state index contributed by atoms with van der Waals surface area (Å²) < 4.78 is 53.0. The van der Waals surface area contributed by atoms with Gasteiger partial charge in [0.1, 0.15) is 32.4 Å². The van der Waals surface area contributed by atoms with Crippen LogP contribution in [0.5, 0.6) is 0 Å². The molecule has 0 fully saturated rings. The number of anilines is 1. The van der Waals surface area contributed by atoms with Gasteiger partial charge in [-0.3, -0.25) is 15.1 Å². The van der Waals surface area contributed by atoms with Gasteiger partial charge >= 0.3 is 0 Å². The van der Waals surface area contributed by atoms with E-state index in [1.165, 1.54) is 18.2 Å². The Morgan fingerprint density at radius 1 is 0.951 bits per heavy atom. The van der Waals surface area contributed by atoms with Crippen LogP contribution in [-0.2, 0) is 16.3 Å². The number of hydrogen-bond donors (Lipinski definition) is 2. The van der Waals surface area contributed by atoms with E-state index in [0.29, 0.717) is 50.3 Å². The number of benzene rings is 2. The van der Waals surface area contributed by atoms with Crippen LogP contribution in [0.3, 0.4) is 0 Å². The zero-order valence-corrected chi connectivity index (χ0v) is 23.2. The molecule has 0 atom stereocenters. The summed E-state index contributed by atoms with van der Waals surface area (Å²) in [7, 11) is 0.599. The Kier molecular flexibility index (Phi) is 6.49. The van der Waals surface area contributed by atoms with Crippen molar-refractivity contribution in [1.82, 2.24) is 30.1 Å². The van der Waals surface area contributed by atoms with Crippen molar-refractivity contribution in [1.29, 1.82) is 0 Å². The van der Waals surface area contributed by atoms with E-state index in [1.54, 1.807) is 30.7 Å². The standard InChI is InChI=1S/C29H25F2N7O2S/c1-38(2)21-11-19(14-32-15-21)17-12-22-26(23(31)13-17)36-37-27(22)29-34-24-4-6-33-25(28(24)35-29)18-8-16(9-20(30)10-18)5-7-41(3,39)40/h4,6,8-15H,5,7H2,1-3H3,(H,34,35)(H,36,37). The zero-order chi connectivity index (χ0) is 28.9. The Balaban J connectivity index is 1.44. The highest BCUT2D eigenvalue weighted by atomic mass is 32.2. The molecule has 0 bridgehead atoms. The van der Waals surface area contributed by atoms with E-state index in [9.17, 15) is 12.8 Å². The molecule has 41 heavy (non-hydrogen) atoms. The van der Waals surface area contributed by atoms with Crippen LogP contribution in [0.2, 0.25) is 0 Å². The predicted octanol–water partition coefficient (Wildman–Crippen LogP) is 5.16. The molecule has 208 valence electrons. The normalized spacial score (nSPS) is 11.9. The molecule has 0 saturated carbocycles. The molecule has 0 radical (unpaired) electrons. The first-order valence-electron chi connectivity index (χ1n) is 12.7. The van der Waals surface area contributed by atoms with E-state index in [1.807, 2.05) is 31.1 Å². The molecule has 6 aromatic rings. The van der Waals surface area contributed by atoms with Crippen molar-refractivity contribution < 1.29 is 17.2 Å². The largest absolute Gasteiger partial charge is 0.376 e. The van der Waals surface area contributed by atoms with Crippen molar-refractivity contribution in [3.63, 3.8) is 0 Å². The van der Waals surface area contributed by atoms with Crippen molar-refractivity contribution in [3.8, 4) is 33.9 Å². The summed E-state index contributed by atoms with van der Waals surface area (Å²) in [5.41, 5.74) is 5.44.